The van der Waals surface area contributed by atoms with Crippen molar-refractivity contribution in [2.24, 2.45) is 0 Å². The Morgan fingerprint density at radius 2 is 2.33 bits per heavy atom. The van der Waals surface area contributed by atoms with Crippen LogP contribution in [0.15, 0.2) is 23.8 Å². The monoisotopic (exact) mass is 260 g/mol. The van der Waals surface area contributed by atoms with Gasteiger partial charge in [-0.15, -0.1) is 11.3 Å². The highest BCUT2D eigenvalue weighted by Gasteiger charge is 2.23. The molecule has 0 spiro atoms. The molecule has 18 heavy (non-hydrogen) atoms. The number of thiophene rings is 1. The molecular formula is C12H12N4OS. The van der Waals surface area contributed by atoms with Gasteiger partial charge in [0.1, 0.15) is 11.5 Å². The van der Waals surface area contributed by atoms with Crippen molar-refractivity contribution < 1.29 is 4.79 Å². The number of fused-ring (bicyclic) bond motifs is 1. The van der Waals surface area contributed by atoms with Gasteiger partial charge in [-0.2, -0.15) is 0 Å². The third-order valence-corrected chi connectivity index (χ3v) is 3.99. The van der Waals surface area contributed by atoms with Crippen LogP contribution >= 0.6 is 11.3 Å². The highest BCUT2D eigenvalue weighted by molar-refractivity contribution is 7.10. The lowest BCUT2D eigenvalue weighted by molar-refractivity contribution is 0.0729. The number of nitrogens with two attached hydrogens (primary N) is 1. The van der Waals surface area contributed by atoms with Crippen LogP contribution < -0.4 is 5.73 Å². The first kappa shape index (κ1) is 11.2. The van der Waals surface area contributed by atoms with Crippen LogP contribution in [-0.4, -0.2) is 27.3 Å². The number of aromatic nitrogens is 2. The maximum absolute atomic E-state index is 12.3. The Morgan fingerprint density at radius 3 is 3.17 bits per heavy atom. The average Bonchev–Trinajstić information content (AvgIpc) is 2.85. The molecule has 0 saturated heterocycles. The molecule has 1 aliphatic rings. The molecule has 6 heteroatoms. The van der Waals surface area contributed by atoms with Gasteiger partial charge in [0.15, 0.2) is 0 Å². The van der Waals surface area contributed by atoms with Crippen LogP contribution in [0.3, 0.4) is 0 Å². The van der Waals surface area contributed by atoms with Crippen LogP contribution in [0.1, 0.15) is 20.9 Å². The number of nitrogens with zero attached hydrogens (tertiary/aromatic N) is 3. The van der Waals surface area contributed by atoms with E-state index in [1.54, 1.807) is 16.2 Å². The number of rotatable bonds is 1. The highest BCUT2D eigenvalue weighted by Crippen LogP contribution is 2.24. The molecule has 92 valence electrons. The topological polar surface area (TPSA) is 72.1 Å². The van der Waals surface area contributed by atoms with Gasteiger partial charge < -0.3 is 10.6 Å². The van der Waals surface area contributed by atoms with Gasteiger partial charge in [0.25, 0.3) is 5.91 Å². The predicted octanol–water partition coefficient (Wildman–Crippen LogP) is 1.32. The Bertz CT molecular complexity index is 595. The molecule has 0 atom stereocenters. The van der Waals surface area contributed by atoms with Gasteiger partial charge in [-0.1, -0.05) is 0 Å². The van der Waals surface area contributed by atoms with Gasteiger partial charge in [-0.05, 0) is 23.4 Å². The summed E-state index contributed by atoms with van der Waals surface area (Å²) in [6, 6.07) is 2.07. The van der Waals surface area contributed by atoms with Crippen molar-refractivity contribution in [3.63, 3.8) is 0 Å². The quantitative estimate of drug-likeness (QED) is 0.839. The molecule has 3 rings (SSSR count). The summed E-state index contributed by atoms with van der Waals surface area (Å²) in [6.07, 6.45) is 3.81. The molecule has 2 aromatic heterocycles. The highest BCUT2D eigenvalue weighted by atomic mass is 32.1. The predicted molar refractivity (Wildman–Crippen MR) is 69.2 cm³/mol. The van der Waals surface area contributed by atoms with E-state index in [0.717, 1.165) is 13.0 Å². The van der Waals surface area contributed by atoms with Gasteiger partial charge in [-0.25, -0.2) is 4.98 Å². The number of hydrogen-bond donors (Lipinski definition) is 1. The number of anilines is 1. The van der Waals surface area contributed by atoms with Crippen molar-refractivity contribution >= 4 is 23.1 Å². The average molecular weight is 260 g/mol. The molecule has 1 aliphatic heterocycles. The second-order valence-electron chi connectivity index (χ2n) is 4.17. The zero-order valence-electron chi connectivity index (χ0n) is 9.67. The fourth-order valence-corrected chi connectivity index (χ4v) is 2.96. The van der Waals surface area contributed by atoms with Crippen molar-refractivity contribution in [1.29, 1.82) is 0 Å². The largest absolute Gasteiger partial charge is 0.382 e. The molecule has 0 saturated carbocycles. The van der Waals surface area contributed by atoms with Crippen molar-refractivity contribution in [1.82, 2.24) is 14.9 Å². The fourth-order valence-electron chi connectivity index (χ4n) is 2.07. The Morgan fingerprint density at radius 1 is 1.44 bits per heavy atom. The number of amides is 1. The summed E-state index contributed by atoms with van der Waals surface area (Å²) in [4.78, 5) is 23.3. The van der Waals surface area contributed by atoms with E-state index < -0.39 is 0 Å². The van der Waals surface area contributed by atoms with E-state index in [1.165, 1.54) is 22.8 Å². The summed E-state index contributed by atoms with van der Waals surface area (Å²) in [5.74, 6) is 0.167. The summed E-state index contributed by atoms with van der Waals surface area (Å²) < 4.78 is 0. The second kappa shape index (κ2) is 4.38. The normalized spacial score (nSPS) is 14.3. The molecule has 1 amide bonds. The third-order valence-electron chi connectivity index (χ3n) is 2.97. The number of hydrogen-bond acceptors (Lipinski definition) is 5. The Kier molecular flexibility index (Phi) is 2.71. The first-order chi connectivity index (χ1) is 8.74. The molecule has 5 nitrogen and oxygen atoms in total. The van der Waals surface area contributed by atoms with E-state index in [0.29, 0.717) is 12.2 Å². The van der Waals surface area contributed by atoms with Crippen LogP contribution in [0.25, 0.3) is 0 Å². The van der Waals surface area contributed by atoms with Gasteiger partial charge in [0, 0.05) is 18.0 Å². The summed E-state index contributed by atoms with van der Waals surface area (Å²) in [5.41, 5.74) is 7.09. The smallest absolute Gasteiger partial charge is 0.274 e. The zero-order valence-corrected chi connectivity index (χ0v) is 10.5. The van der Waals surface area contributed by atoms with E-state index in [1.807, 2.05) is 0 Å². The van der Waals surface area contributed by atoms with Gasteiger partial charge in [-0.3, -0.25) is 9.78 Å². The van der Waals surface area contributed by atoms with E-state index in [4.69, 9.17) is 5.73 Å². The van der Waals surface area contributed by atoms with E-state index in [2.05, 4.69) is 21.4 Å². The van der Waals surface area contributed by atoms with Crippen LogP contribution in [0.4, 0.5) is 5.82 Å². The number of nitrogen functional groups attached to an aromatic ring is 1. The van der Waals surface area contributed by atoms with Crippen molar-refractivity contribution in [2.45, 2.75) is 13.0 Å². The van der Waals surface area contributed by atoms with E-state index in [-0.39, 0.29) is 11.7 Å². The minimum absolute atomic E-state index is 0.105. The minimum Gasteiger partial charge on any atom is -0.382 e. The molecule has 2 N–H and O–H groups in total. The van der Waals surface area contributed by atoms with Crippen molar-refractivity contribution in [2.75, 3.05) is 12.3 Å². The molecule has 2 aromatic rings. The van der Waals surface area contributed by atoms with Gasteiger partial charge in [0.05, 0.1) is 12.4 Å². The SMILES string of the molecule is Nc1cncc(C(=O)N2CCc3sccc3C2)n1. The fraction of sp³-hybridized carbons (Fsp3) is 0.250. The summed E-state index contributed by atoms with van der Waals surface area (Å²) in [5, 5.41) is 2.07. The second-order valence-corrected chi connectivity index (χ2v) is 5.18. The molecule has 0 radical (unpaired) electrons. The summed E-state index contributed by atoms with van der Waals surface area (Å²) in [7, 11) is 0. The van der Waals surface area contributed by atoms with Crippen molar-refractivity contribution in [3.05, 3.63) is 40.0 Å². The molecular weight excluding hydrogens is 248 g/mol. The summed E-state index contributed by atoms with van der Waals surface area (Å²) in [6.45, 7) is 1.37. The maximum Gasteiger partial charge on any atom is 0.274 e. The number of carbonyl (C=O) groups excluding carboxylic acids is 1. The van der Waals surface area contributed by atoms with Crippen LogP contribution in [-0.2, 0) is 13.0 Å². The standard InChI is InChI=1S/C12H12N4OS/c13-11-6-14-5-9(15-11)12(17)16-3-1-10-8(7-16)2-4-18-10/h2,4-6H,1,3,7H2,(H2,13,15). The molecule has 0 aliphatic carbocycles. The Hall–Kier alpha value is -1.95. The molecule has 0 bridgehead atoms. The Balaban J connectivity index is 1.83. The zero-order chi connectivity index (χ0) is 12.5. The minimum atomic E-state index is -0.105. The first-order valence-corrected chi connectivity index (χ1v) is 6.54. The first-order valence-electron chi connectivity index (χ1n) is 5.66. The van der Waals surface area contributed by atoms with Crippen LogP contribution in [0.2, 0.25) is 0 Å². The van der Waals surface area contributed by atoms with E-state index >= 15 is 0 Å². The number of carbonyl (C=O) groups is 1. The lowest BCUT2D eigenvalue weighted by Crippen LogP contribution is -2.35. The maximum atomic E-state index is 12.3. The molecule has 0 unspecified atom stereocenters. The van der Waals surface area contributed by atoms with Crippen molar-refractivity contribution in [3.8, 4) is 0 Å². The van der Waals surface area contributed by atoms with Crippen LogP contribution in [0, 0.1) is 0 Å². The Labute approximate surface area is 108 Å². The molecule has 0 aromatic carbocycles. The van der Waals surface area contributed by atoms with Gasteiger partial charge >= 0.3 is 0 Å². The molecule has 3 heterocycles. The van der Waals surface area contributed by atoms with E-state index in [9.17, 15) is 4.79 Å². The van der Waals surface area contributed by atoms with Gasteiger partial charge in [0.2, 0.25) is 0 Å². The van der Waals surface area contributed by atoms with Crippen LogP contribution in [0.5, 0.6) is 0 Å². The summed E-state index contributed by atoms with van der Waals surface area (Å²) >= 11 is 1.75. The molecule has 0 fully saturated rings. The lowest BCUT2D eigenvalue weighted by Gasteiger charge is -2.26. The lowest BCUT2D eigenvalue weighted by atomic mass is 10.1. The third kappa shape index (κ3) is 1.95.